The molecule has 0 aromatic carbocycles. The van der Waals surface area contributed by atoms with Crippen LogP contribution in [0.15, 0.2) is 46.6 Å². The number of ketones is 1. The number of aliphatic hydroxyl groups is 2. The van der Waals surface area contributed by atoms with Gasteiger partial charge in [-0.15, -0.1) is 12.6 Å². The Balaban J connectivity index is 1.64. The average molecular weight is 523 g/mol. The lowest BCUT2D eigenvalue weighted by atomic mass is 9.44. The van der Waals surface area contributed by atoms with Crippen molar-refractivity contribution in [3.63, 3.8) is 0 Å². The topological polar surface area (TPSA) is 97.0 Å². The molecule has 0 radical (unpaired) electrons. The largest absolute Gasteiger partial charge is 0.457 e. The van der Waals surface area contributed by atoms with Crippen LogP contribution in [0.4, 0.5) is 8.78 Å². The fourth-order valence-electron chi connectivity index (χ4n) is 8.21. The number of carbonyl (C=O) groups is 2. The fraction of sp³-hybridized carbons (Fsp3) is 0.630. The average Bonchev–Trinajstić information content (AvgIpc) is 3.43. The lowest BCUT2D eigenvalue weighted by Gasteiger charge is -2.63. The molecule has 5 rings (SSSR count). The van der Waals surface area contributed by atoms with Crippen molar-refractivity contribution in [3.05, 3.63) is 48.0 Å². The molecular weight excluding hydrogens is 490 g/mol. The Morgan fingerprint density at radius 1 is 1.33 bits per heavy atom. The van der Waals surface area contributed by atoms with Crippen LogP contribution in [0.25, 0.3) is 0 Å². The number of carbonyl (C=O) groups excluding carboxylic acids is 2. The number of hydrogen-bond acceptors (Lipinski definition) is 7. The van der Waals surface area contributed by atoms with Crippen molar-refractivity contribution < 1.29 is 37.7 Å². The van der Waals surface area contributed by atoms with Gasteiger partial charge in [-0.3, -0.25) is 4.79 Å². The van der Waals surface area contributed by atoms with Gasteiger partial charge in [0, 0.05) is 22.7 Å². The summed E-state index contributed by atoms with van der Waals surface area (Å²) in [6.45, 7) is 5.19. The summed E-state index contributed by atoms with van der Waals surface area (Å²) in [5.41, 5.74) is -7.87. The van der Waals surface area contributed by atoms with Crippen LogP contribution in [-0.2, 0) is 9.53 Å². The van der Waals surface area contributed by atoms with Gasteiger partial charge >= 0.3 is 5.97 Å². The van der Waals surface area contributed by atoms with Crippen molar-refractivity contribution >= 4 is 24.4 Å². The number of esters is 1. The van der Waals surface area contributed by atoms with Gasteiger partial charge < -0.3 is 19.4 Å². The summed E-state index contributed by atoms with van der Waals surface area (Å²) in [7, 11) is 0. The molecule has 36 heavy (non-hydrogen) atoms. The molecule has 0 aliphatic heterocycles. The van der Waals surface area contributed by atoms with Crippen LogP contribution in [0.3, 0.4) is 0 Å². The summed E-state index contributed by atoms with van der Waals surface area (Å²) >= 11 is 4.36. The van der Waals surface area contributed by atoms with Crippen molar-refractivity contribution in [2.24, 2.45) is 28.6 Å². The summed E-state index contributed by atoms with van der Waals surface area (Å²) < 4.78 is 44.3. The van der Waals surface area contributed by atoms with E-state index in [-0.39, 0.29) is 24.2 Å². The molecule has 9 heteroatoms. The third kappa shape index (κ3) is 3.02. The van der Waals surface area contributed by atoms with E-state index in [1.807, 2.05) is 6.92 Å². The van der Waals surface area contributed by atoms with Crippen LogP contribution in [0, 0.1) is 28.6 Å². The minimum absolute atomic E-state index is 0.0474. The predicted molar refractivity (Wildman–Crippen MR) is 130 cm³/mol. The van der Waals surface area contributed by atoms with Gasteiger partial charge in [0.2, 0.25) is 5.76 Å². The maximum absolute atomic E-state index is 17.4. The number of allylic oxidation sites excluding steroid dienone is 4. The van der Waals surface area contributed by atoms with Gasteiger partial charge in [0.05, 0.1) is 12.4 Å². The first-order valence-electron chi connectivity index (χ1n) is 12.5. The van der Waals surface area contributed by atoms with Gasteiger partial charge in [0.15, 0.2) is 17.1 Å². The van der Waals surface area contributed by atoms with E-state index in [1.165, 1.54) is 37.5 Å². The van der Waals surface area contributed by atoms with Gasteiger partial charge in [-0.1, -0.05) is 19.9 Å². The quantitative estimate of drug-likeness (QED) is 0.309. The standard InChI is InChI=1S/C27H32F2O6S/c1-4-14-10-16-17-12-19(28)18-11-15(30)7-8-24(18,2)26(17,29)21(31)13-25(16,3)27(14,23(33)36)35-22(32)20-6-5-9-34-20/h5-9,11,14,16-17,19,21,23,31,33,36H,4,10,12-13H2,1-3H3/t14-,16?,17?,19+,21+,23?,24+,25+,26+,27+/m1/s1. The number of furan rings is 1. The van der Waals surface area contributed by atoms with Crippen molar-refractivity contribution in [2.45, 2.75) is 75.4 Å². The molecule has 0 spiro atoms. The van der Waals surface area contributed by atoms with Gasteiger partial charge in [0.25, 0.3) is 0 Å². The van der Waals surface area contributed by atoms with Gasteiger partial charge in [-0.25, -0.2) is 13.6 Å². The zero-order valence-electron chi connectivity index (χ0n) is 20.5. The Labute approximate surface area is 214 Å². The molecule has 3 unspecified atom stereocenters. The maximum Gasteiger partial charge on any atom is 0.374 e. The summed E-state index contributed by atoms with van der Waals surface area (Å²) in [6.07, 6.45) is 2.41. The third-order valence-corrected chi connectivity index (χ3v) is 10.3. The first kappa shape index (κ1) is 25.7. The lowest BCUT2D eigenvalue weighted by molar-refractivity contribution is -0.234. The summed E-state index contributed by atoms with van der Waals surface area (Å²) in [4.78, 5) is 25.1. The number of ether oxygens (including phenoxy) is 1. The SMILES string of the molecule is CC[C@@H]1CC2C3C[C@H](F)C4=CC(=O)C=C[C@]4(C)[C@@]3(F)[C@@H](O)C[C@]2(C)[C@@]1(OC(=O)c1ccco1)C(O)S. The lowest BCUT2D eigenvalue weighted by Crippen LogP contribution is -2.71. The molecule has 1 aromatic rings. The first-order valence-corrected chi connectivity index (χ1v) is 13.0. The van der Waals surface area contributed by atoms with E-state index in [0.717, 1.165) is 6.08 Å². The predicted octanol–water partition coefficient (Wildman–Crippen LogP) is 4.38. The van der Waals surface area contributed by atoms with E-state index in [0.29, 0.717) is 12.8 Å². The van der Waals surface area contributed by atoms with Gasteiger partial charge in [-0.05, 0) is 68.4 Å². The second-order valence-corrected chi connectivity index (χ2v) is 11.7. The number of alkyl halides is 2. The monoisotopic (exact) mass is 522 g/mol. The van der Waals surface area contributed by atoms with Crippen LogP contribution in [0.5, 0.6) is 0 Å². The molecule has 10 atom stereocenters. The Morgan fingerprint density at radius 3 is 2.67 bits per heavy atom. The van der Waals surface area contributed by atoms with Gasteiger partial charge in [-0.2, -0.15) is 0 Å². The van der Waals surface area contributed by atoms with Crippen LogP contribution >= 0.6 is 12.6 Å². The highest BCUT2D eigenvalue weighted by Gasteiger charge is 2.78. The Bertz CT molecular complexity index is 1130. The molecule has 4 aliphatic rings. The van der Waals surface area contributed by atoms with Crippen molar-refractivity contribution in [3.8, 4) is 0 Å². The van der Waals surface area contributed by atoms with Crippen LogP contribution in [-0.4, -0.2) is 50.9 Å². The smallest absolute Gasteiger partial charge is 0.374 e. The highest BCUT2D eigenvalue weighted by Crippen LogP contribution is 2.72. The second kappa shape index (κ2) is 8.27. The molecule has 1 heterocycles. The number of thiol groups is 1. The minimum Gasteiger partial charge on any atom is -0.457 e. The number of rotatable bonds is 4. The van der Waals surface area contributed by atoms with E-state index in [2.05, 4.69) is 12.6 Å². The Kier molecular flexibility index (Phi) is 5.89. The van der Waals surface area contributed by atoms with Crippen LogP contribution in [0.1, 0.15) is 57.0 Å². The molecule has 6 nitrogen and oxygen atoms in total. The number of halogens is 2. The molecule has 3 saturated carbocycles. The third-order valence-electron chi connectivity index (χ3n) is 9.92. The molecule has 0 saturated heterocycles. The van der Waals surface area contributed by atoms with Gasteiger partial charge in [0.1, 0.15) is 11.6 Å². The zero-order valence-corrected chi connectivity index (χ0v) is 21.4. The first-order chi connectivity index (χ1) is 16.9. The second-order valence-electron chi connectivity index (χ2n) is 11.2. The Hall–Kier alpha value is -1.97. The van der Waals surface area contributed by atoms with Crippen molar-refractivity contribution in [1.29, 1.82) is 0 Å². The highest BCUT2D eigenvalue weighted by atomic mass is 32.1. The van der Waals surface area contributed by atoms with Crippen LogP contribution in [0.2, 0.25) is 0 Å². The number of hydrogen-bond donors (Lipinski definition) is 3. The summed E-state index contributed by atoms with van der Waals surface area (Å²) in [5, 5.41) is 22.6. The highest BCUT2D eigenvalue weighted by molar-refractivity contribution is 7.80. The minimum atomic E-state index is -2.26. The van der Waals surface area contributed by atoms with E-state index >= 15 is 8.78 Å². The summed E-state index contributed by atoms with van der Waals surface area (Å²) in [6, 6.07) is 2.98. The van der Waals surface area contributed by atoms with E-state index in [1.54, 1.807) is 6.92 Å². The number of aliphatic hydroxyl groups excluding tert-OH is 2. The zero-order chi connectivity index (χ0) is 26.3. The summed E-state index contributed by atoms with van der Waals surface area (Å²) in [5.74, 6) is -3.17. The van der Waals surface area contributed by atoms with E-state index in [9.17, 15) is 19.8 Å². The van der Waals surface area contributed by atoms with Crippen LogP contribution < -0.4 is 0 Å². The maximum atomic E-state index is 17.4. The molecule has 0 bridgehead atoms. The molecule has 0 amide bonds. The number of fused-ring (bicyclic) bond motifs is 5. The molecule has 196 valence electrons. The van der Waals surface area contributed by atoms with E-state index in [4.69, 9.17) is 9.15 Å². The van der Waals surface area contributed by atoms with Crippen molar-refractivity contribution in [1.82, 2.24) is 0 Å². The van der Waals surface area contributed by atoms with E-state index < -0.39 is 69.3 Å². The molecule has 1 aromatic heterocycles. The molecule has 4 aliphatic carbocycles. The molecule has 3 fully saturated rings. The fourth-order valence-corrected chi connectivity index (χ4v) is 8.77. The normalized spacial score (nSPS) is 46.4. The van der Waals surface area contributed by atoms with Crippen molar-refractivity contribution in [2.75, 3.05) is 0 Å². The molecule has 2 N–H and O–H groups in total. The Morgan fingerprint density at radius 2 is 2.06 bits per heavy atom. The molecular formula is C27H32F2O6S.